The standard InChI is InChI=1S/C11H20N3O6P/c1-6-18-21(17,19-7-2)20-14(5)9-8-10(15)13(4)11(16)12(9)3/h8H,6-7H2,1-5H3. The van der Waals surface area contributed by atoms with Crippen LogP contribution in [0.3, 0.4) is 0 Å². The number of hydrogen-bond acceptors (Lipinski definition) is 7. The zero-order valence-electron chi connectivity index (χ0n) is 12.7. The Balaban J connectivity index is 3.15. The van der Waals surface area contributed by atoms with Crippen molar-refractivity contribution < 1.29 is 18.2 Å². The molecule has 1 rings (SSSR count). The number of anilines is 1. The van der Waals surface area contributed by atoms with Crippen LogP contribution in [0.25, 0.3) is 0 Å². The molecule has 0 atom stereocenters. The van der Waals surface area contributed by atoms with Crippen LogP contribution in [0.15, 0.2) is 15.7 Å². The van der Waals surface area contributed by atoms with Gasteiger partial charge >= 0.3 is 13.5 Å². The molecule has 0 fully saturated rings. The van der Waals surface area contributed by atoms with E-state index in [-0.39, 0.29) is 19.0 Å². The predicted octanol–water partition coefficient (Wildman–Crippen LogP) is 0.633. The maximum absolute atomic E-state index is 12.3. The van der Waals surface area contributed by atoms with Gasteiger partial charge in [0.05, 0.1) is 13.2 Å². The van der Waals surface area contributed by atoms with Crippen LogP contribution in [0, 0.1) is 0 Å². The quantitative estimate of drug-likeness (QED) is 0.537. The molecule has 1 aromatic heterocycles. The number of rotatable bonds is 7. The van der Waals surface area contributed by atoms with Gasteiger partial charge in [0.15, 0.2) is 0 Å². The van der Waals surface area contributed by atoms with Gasteiger partial charge in [0.1, 0.15) is 5.82 Å². The van der Waals surface area contributed by atoms with Crippen LogP contribution >= 0.6 is 7.82 Å². The zero-order chi connectivity index (χ0) is 16.2. The molecule has 0 amide bonds. The van der Waals surface area contributed by atoms with E-state index in [1.165, 1.54) is 31.8 Å². The normalized spacial score (nSPS) is 11.7. The van der Waals surface area contributed by atoms with Gasteiger partial charge in [-0.3, -0.25) is 23.0 Å². The molecule has 0 N–H and O–H groups in total. The van der Waals surface area contributed by atoms with Gasteiger partial charge in [0.2, 0.25) is 0 Å². The minimum Gasteiger partial charge on any atom is -0.286 e. The van der Waals surface area contributed by atoms with E-state index in [9.17, 15) is 14.2 Å². The first-order chi connectivity index (χ1) is 9.75. The molecule has 1 aromatic rings. The summed E-state index contributed by atoms with van der Waals surface area (Å²) in [4.78, 5) is 23.5. The van der Waals surface area contributed by atoms with Crippen LogP contribution in [0.5, 0.6) is 0 Å². The van der Waals surface area contributed by atoms with Crippen molar-refractivity contribution in [3.8, 4) is 0 Å². The van der Waals surface area contributed by atoms with Crippen LogP contribution in [0.1, 0.15) is 13.8 Å². The van der Waals surface area contributed by atoms with Crippen molar-refractivity contribution in [1.29, 1.82) is 0 Å². The van der Waals surface area contributed by atoms with Gasteiger partial charge in [0.25, 0.3) is 5.56 Å². The highest BCUT2D eigenvalue weighted by Gasteiger charge is 2.29. The SMILES string of the molecule is CCOP(=O)(OCC)ON(C)c1cc(=O)n(C)c(=O)n1C. The summed E-state index contributed by atoms with van der Waals surface area (Å²) in [5.74, 6) is 0.128. The Morgan fingerprint density at radius 3 is 2.14 bits per heavy atom. The summed E-state index contributed by atoms with van der Waals surface area (Å²) in [6.45, 7) is 3.54. The predicted molar refractivity (Wildman–Crippen MR) is 77.3 cm³/mol. The molecule has 0 spiro atoms. The first kappa shape index (κ1) is 17.6. The number of hydrogen-bond donors (Lipinski definition) is 0. The van der Waals surface area contributed by atoms with Crippen molar-refractivity contribution in [3.05, 3.63) is 26.9 Å². The molecule has 0 aliphatic carbocycles. The molecule has 9 nitrogen and oxygen atoms in total. The average Bonchev–Trinajstić information content (AvgIpc) is 2.40. The van der Waals surface area contributed by atoms with E-state index in [4.69, 9.17) is 13.7 Å². The highest BCUT2D eigenvalue weighted by molar-refractivity contribution is 7.48. The van der Waals surface area contributed by atoms with E-state index < -0.39 is 19.1 Å². The molecule has 21 heavy (non-hydrogen) atoms. The third kappa shape index (κ3) is 4.04. The Morgan fingerprint density at radius 1 is 1.14 bits per heavy atom. The number of phosphoric ester groups is 1. The molecule has 0 aliphatic heterocycles. The Morgan fingerprint density at radius 2 is 1.67 bits per heavy atom. The smallest absolute Gasteiger partial charge is 0.286 e. The van der Waals surface area contributed by atoms with Crippen LogP contribution < -0.4 is 16.3 Å². The van der Waals surface area contributed by atoms with E-state index in [0.717, 1.165) is 9.63 Å². The van der Waals surface area contributed by atoms with Gasteiger partial charge in [-0.25, -0.2) is 14.4 Å². The number of phosphoric acid groups is 1. The lowest BCUT2D eigenvalue weighted by atomic mass is 10.5. The van der Waals surface area contributed by atoms with Gasteiger partial charge in [0, 0.05) is 27.2 Å². The molecule has 0 saturated heterocycles. The molecular weight excluding hydrogens is 301 g/mol. The Hall–Kier alpha value is -1.41. The van der Waals surface area contributed by atoms with Crippen molar-refractivity contribution in [2.24, 2.45) is 14.1 Å². The highest BCUT2D eigenvalue weighted by Crippen LogP contribution is 2.50. The zero-order valence-corrected chi connectivity index (χ0v) is 13.6. The first-order valence-corrected chi connectivity index (χ1v) is 7.81. The van der Waals surface area contributed by atoms with Crippen molar-refractivity contribution in [2.75, 3.05) is 25.3 Å². The summed E-state index contributed by atoms with van der Waals surface area (Å²) >= 11 is 0. The lowest BCUT2D eigenvalue weighted by Gasteiger charge is -2.24. The summed E-state index contributed by atoms with van der Waals surface area (Å²) in [5, 5.41) is 1.02. The number of aromatic nitrogens is 2. The van der Waals surface area contributed by atoms with Gasteiger partial charge < -0.3 is 0 Å². The lowest BCUT2D eigenvalue weighted by molar-refractivity contribution is 0.115. The second-order valence-corrected chi connectivity index (χ2v) is 5.68. The Labute approximate surface area is 122 Å². The molecule has 0 radical (unpaired) electrons. The van der Waals surface area contributed by atoms with Crippen LogP contribution in [-0.2, 0) is 32.3 Å². The molecule has 0 unspecified atom stereocenters. The Bertz CT molecular complexity index is 642. The molecule has 1 heterocycles. The fraction of sp³-hybridized carbons (Fsp3) is 0.636. The maximum atomic E-state index is 12.3. The Kier molecular flexibility index (Phi) is 5.91. The van der Waals surface area contributed by atoms with Crippen molar-refractivity contribution >= 4 is 13.6 Å². The molecule has 0 aliphatic rings. The topological polar surface area (TPSA) is 92.0 Å². The van der Waals surface area contributed by atoms with Gasteiger partial charge in [-0.2, -0.15) is 4.62 Å². The molecular formula is C11H20N3O6P. The van der Waals surface area contributed by atoms with Crippen molar-refractivity contribution in [1.82, 2.24) is 9.13 Å². The van der Waals surface area contributed by atoms with E-state index >= 15 is 0 Å². The summed E-state index contributed by atoms with van der Waals surface area (Å²) in [7, 11) is 0.424. The summed E-state index contributed by atoms with van der Waals surface area (Å²) in [6.07, 6.45) is 0. The summed E-state index contributed by atoms with van der Waals surface area (Å²) < 4.78 is 29.5. The lowest BCUT2D eigenvalue weighted by Crippen LogP contribution is -2.39. The van der Waals surface area contributed by atoms with Crippen LogP contribution in [0.2, 0.25) is 0 Å². The van der Waals surface area contributed by atoms with Gasteiger partial charge in [-0.15, -0.1) is 0 Å². The van der Waals surface area contributed by atoms with E-state index in [1.807, 2.05) is 0 Å². The second-order valence-electron chi connectivity index (χ2n) is 4.10. The molecule has 0 saturated carbocycles. The minimum atomic E-state index is -3.80. The number of hydroxylamine groups is 1. The van der Waals surface area contributed by atoms with E-state index in [0.29, 0.717) is 0 Å². The summed E-state index contributed by atoms with van der Waals surface area (Å²) in [6, 6.07) is 1.18. The van der Waals surface area contributed by atoms with Crippen LogP contribution in [0.4, 0.5) is 5.82 Å². The molecule has 10 heteroatoms. The summed E-state index contributed by atoms with van der Waals surface area (Å²) in [5.41, 5.74) is -1.04. The third-order valence-electron chi connectivity index (χ3n) is 2.62. The van der Waals surface area contributed by atoms with Crippen molar-refractivity contribution in [3.63, 3.8) is 0 Å². The second kappa shape index (κ2) is 7.04. The first-order valence-electron chi connectivity index (χ1n) is 6.35. The van der Waals surface area contributed by atoms with Crippen LogP contribution in [-0.4, -0.2) is 29.4 Å². The van der Waals surface area contributed by atoms with Gasteiger partial charge in [-0.1, -0.05) is 0 Å². The molecule has 0 aromatic carbocycles. The fourth-order valence-corrected chi connectivity index (χ4v) is 2.80. The fourth-order valence-electron chi connectivity index (χ4n) is 1.62. The largest absolute Gasteiger partial charge is 0.496 e. The average molecular weight is 321 g/mol. The van der Waals surface area contributed by atoms with E-state index in [2.05, 4.69) is 0 Å². The monoisotopic (exact) mass is 321 g/mol. The van der Waals surface area contributed by atoms with E-state index in [1.54, 1.807) is 13.8 Å². The molecule has 0 bridgehead atoms. The maximum Gasteiger partial charge on any atom is 0.496 e. The minimum absolute atomic E-state index is 0.126. The van der Waals surface area contributed by atoms with Crippen molar-refractivity contribution in [2.45, 2.75) is 13.8 Å². The molecule has 120 valence electrons. The third-order valence-corrected chi connectivity index (χ3v) is 4.21. The van der Waals surface area contributed by atoms with Gasteiger partial charge in [-0.05, 0) is 13.8 Å². The highest BCUT2D eigenvalue weighted by atomic mass is 31.2. The number of nitrogens with zero attached hydrogens (tertiary/aromatic N) is 3.